The maximum Gasteiger partial charge on any atom is 0.345 e. The Hall–Kier alpha value is -0.910. The Bertz CT molecular complexity index is 435. The zero-order chi connectivity index (χ0) is 13.2. The van der Waals surface area contributed by atoms with E-state index in [1.807, 2.05) is 6.92 Å². The fraction of sp³-hybridized carbons (Fsp3) is 0.615. The van der Waals surface area contributed by atoms with Crippen LogP contribution in [0.1, 0.15) is 45.8 Å². The molecule has 0 radical (unpaired) electrons. The molecule has 0 saturated heterocycles. The van der Waals surface area contributed by atoms with Crippen molar-refractivity contribution in [1.82, 2.24) is 5.32 Å². The lowest BCUT2D eigenvalue weighted by Crippen LogP contribution is -2.37. The van der Waals surface area contributed by atoms with Gasteiger partial charge in [0.15, 0.2) is 0 Å². The van der Waals surface area contributed by atoms with E-state index in [1.54, 1.807) is 6.07 Å². The number of carboxylic acids is 1. The predicted octanol–water partition coefficient (Wildman–Crippen LogP) is 2.15. The molecule has 1 fully saturated rings. The van der Waals surface area contributed by atoms with Crippen LogP contribution < -0.4 is 5.32 Å². The quantitative estimate of drug-likeness (QED) is 0.766. The third-order valence-electron chi connectivity index (χ3n) is 3.54. The number of aryl methyl sites for hydroxylation is 1. The fourth-order valence-corrected chi connectivity index (χ4v) is 3.32. The summed E-state index contributed by atoms with van der Waals surface area (Å²) in [5.41, 5.74) is 0.457. The lowest BCUT2D eigenvalue weighted by molar-refractivity contribution is 0.0474. The number of aliphatic hydroxyl groups is 1. The predicted molar refractivity (Wildman–Crippen MR) is 71.1 cm³/mol. The molecule has 1 aromatic heterocycles. The van der Waals surface area contributed by atoms with Gasteiger partial charge < -0.3 is 15.5 Å². The van der Waals surface area contributed by atoms with Gasteiger partial charge in [-0.15, -0.1) is 11.3 Å². The standard InChI is InChI=1S/C13H19NO3S/c1-9-10(6-11(18-9)12(15)16)7-14-8-13(17)4-2-3-5-13/h6,14,17H,2-5,7-8H2,1H3,(H,15,16). The topological polar surface area (TPSA) is 69.6 Å². The van der Waals surface area contributed by atoms with Crippen LogP contribution in [0.5, 0.6) is 0 Å². The molecular weight excluding hydrogens is 250 g/mol. The third kappa shape index (κ3) is 3.10. The van der Waals surface area contributed by atoms with Gasteiger partial charge in [-0.3, -0.25) is 0 Å². The lowest BCUT2D eigenvalue weighted by atomic mass is 10.0. The third-order valence-corrected chi connectivity index (χ3v) is 4.62. The van der Waals surface area contributed by atoms with Crippen LogP contribution in [-0.2, 0) is 6.54 Å². The minimum Gasteiger partial charge on any atom is -0.477 e. The van der Waals surface area contributed by atoms with Gasteiger partial charge in [0.05, 0.1) is 5.60 Å². The number of carboxylic acid groups (broad SMARTS) is 1. The smallest absolute Gasteiger partial charge is 0.345 e. The molecule has 1 aliphatic carbocycles. The molecule has 0 unspecified atom stereocenters. The average molecular weight is 269 g/mol. The molecule has 0 aromatic carbocycles. The molecule has 100 valence electrons. The summed E-state index contributed by atoms with van der Waals surface area (Å²) in [5.74, 6) is -0.872. The summed E-state index contributed by atoms with van der Waals surface area (Å²) < 4.78 is 0. The van der Waals surface area contributed by atoms with Crippen LogP contribution >= 0.6 is 11.3 Å². The van der Waals surface area contributed by atoms with Gasteiger partial charge in [0.1, 0.15) is 4.88 Å². The van der Waals surface area contributed by atoms with Gasteiger partial charge in [0.25, 0.3) is 0 Å². The van der Waals surface area contributed by atoms with Gasteiger partial charge in [0, 0.05) is 18.0 Å². The summed E-state index contributed by atoms with van der Waals surface area (Å²) in [7, 11) is 0. The van der Waals surface area contributed by atoms with Gasteiger partial charge in [-0.2, -0.15) is 0 Å². The SMILES string of the molecule is Cc1sc(C(=O)O)cc1CNCC1(O)CCCC1. The van der Waals surface area contributed by atoms with Crippen molar-refractivity contribution >= 4 is 17.3 Å². The largest absolute Gasteiger partial charge is 0.477 e. The molecule has 1 aromatic rings. The molecule has 0 aliphatic heterocycles. The highest BCUT2D eigenvalue weighted by atomic mass is 32.1. The average Bonchev–Trinajstić information content (AvgIpc) is 2.87. The molecule has 0 atom stereocenters. The van der Waals surface area contributed by atoms with E-state index in [9.17, 15) is 9.90 Å². The molecule has 3 N–H and O–H groups in total. The van der Waals surface area contributed by atoms with Gasteiger partial charge >= 0.3 is 5.97 Å². The van der Waals surface area contributed by atoms with E-state index in [1.165, 1.54) is 11.3 Å². The van der Waals surface area contributed by atoms with Crippen molar-refractivity contribution in [3.8, 4) is 0 Å². The molecular formula is C13H19NO3S. The van der Waals surface area contributed by atoms with E-state index in [0.717, 1.165) is 36.1 Å². The second-order valence-electron chi connectivity index (χ2n) is 5.03. The monoisotopic (exact) mass is 269 g/mol. The van der Waals surface area contributed by atoms with Gasteiger partial charge in [-0.05, 0) is 31.4 Å². The Balaban J connectivity index is 1.88. The van der Waals surface area contributed by atoms with Crippen molar-refractivity contribution in [2.45, 2.75) is 44.8 Å². The second kappa shape index (κ2) is 5.38. The molecule has 2 rings (SSSR count). The van der Waals surface area contributed by atoms with Crippen LogP contribution in [0, 0.1) is 6.92 Å². The normalized spacial score (nSPS) is 18.1. The highest BCUT2D eigenvalue weighted by Crippen LogP contribution is 2.29. The number of carbonyl (C=O) groups is 1. The first kappa shape index (κ1) is 13.5. The summed E-state index contributed by atoms with van der Waals surface area (Å²) in [6, 6.07) is 1.72. The van der Waals surface area contributed by atoms with E-state index in [0.29, 0.717) is 18.0 Å². The second-order valence-corrected chi connectivity index (χ2v) is 6.29. The molecule has 0 spiro atoms. The van der Waals surface area contributed by atoms with E-state index in [-0.39, 0.29) is 0 Å². The number of rotatable bonds is 5. The number of hydrogen-bond acceptors (Lipinski definition) is 4. The van der Waals surface area contributed by atoms with E-state index in [4.69, 9.17) is 5.11 Å². The molecule has 5 heteroatoms. The van der Waals surface area contributed by atoms with Crippen molar-refractivity contribution in [2.24, 2.45) is 0 Å². The Labute approximate surface area is 111 Å². The molecule has 1 aliphatic rings. The summed E-state index contributed by atoms with van der Waals surface area (Å²) in [5, 5.41) is 22.3. The van der Waals surface area contributed by atoms with Crippen molar-refractivity contribution < 1.29 is 15.0 Å². The van der Waals surface area contributed by atoms with Gasteiger partial charge in [-0.1, -0.05) is 12.8 Å². The van der Waals surface area contributed by atoms with Gasteiger partial charge in [0.2, 0.25) is 0 Å². The van der Waals surface area contributed by atoms with Crippen molar-refractivity contribution in [3.05, 3.63) is 21.4 Å². The van der Waals surface area contributed by atoms with Crippen LogP contribution in [0.2, 0.25) is 0 Å². The van der Waals surface area contributed by atoms with E-state index in [2.05, 4.69) is 5.32 Å². The maximum atomic E-state index is 10.9. The minimum atomic E-state index is -0.872. The molecule has 1 saturated carbocycles. The highest BCUT2D eigenvalue weighted by molar-refractivity contribution is 7.14. The van der Waals surface area contributed by atoms with Crippen molar-refractivity contribution in [2.75, 3.05) is 6.54 Å². The zero-order valence-corrected chi connectivity index (χ0v) is 11.3. The maximum absolute atomic E-state index is 10.9. The summed E-state index contributed by atoms with van der Waals surface area (Å²) >= 11 is 1.30. The van der Waals surface area contributed by atoms with Gasteiger partial charge in [-0.25, -0.2) is 4.79 Å². The highest BCUT2D eigenvalue weighted by Gasteiger charge is 2.30. The summed E-state index contributed by atoms with van der Waals surface area (Å²) in [6.45, 7) is 3.14. The van der Waals surface area contributed by atoms with Crippen LogP contribution in [0.4, 0.5) is 0 Å². The van der Waals surface area contributed by atoms with Crippen LogP contribution in [0.3, 0.4) is 0 Å². The number of thiophene rings is 1. The first-order valence-corrected chi connectivity index (χ1v) is 7.07. The summed E-state index contributed by atoms with van der Waals surface area (Å²) in [4.78, 5) is 12.3. The zero-order valence-electron chi connectivity index (χ0n) is 10.5. The molecule has 0 bridgehead atoms. The number of aromatic carboxylic acids is 1. The first-order chi connectivity index (χ1) is 8.50. The number of nitrogens with one attached hydrogen (secondary N) is 1. The van der Waals surface area contributed by atoms with Crippen molar-refractivity contribution in [3.63, 3.8) is 0 Å². The summed E-state index contributed by atoms with van der Waals surface area (Å²) in [6.07, 6.45) is 3.92. The Kier molecular flexibility index (Phi) is 4.04. The lowest BCUT2D eigenvalue weighted by Gasteiger charge is -2.22. The minimum absolute atomic E-state index is 0.379. The van der Waals surface area contributed by atoms with Crippen molar-refractivity contribution in [1.29, 1.82) is 0 Å². The molecule has 4 nitrogen and oxygen atoms in total. The fourth-order valence-electron chi connectivity index (χ4n) is 2.44. The first-order valence-electron chi connectivity index (χ1n) is 6.26. The van der Waals surface area contributed by atoms with E-state index >= 15 is 0 Å². The number of hydrogen-bond donors (Lipinski definition) is 3. The van der Waals surface area contributed by atoms with Crippen LogP contribution in [-0.4, -0.2) is 28.3 Å². The Morgan fingerprint density at radius 1 is 1.50 bits per heavy atom. The Morgan fingerprint density at radius 3 is 2.72 bits per heavy atom. The van der Waals surface area contributed by atoms with Crippen LogP contribution in [0.15, 0.2) is 6.07 Å². The Morgan fingerprint density at radius 2 is 2.17 bits per heavy atom. The van der Waals surface area contributed by atoms with E-state index < -0.39 is 11.6 Å². The molecule has 1 heterocycles. The van der Waals surface area contributed by atoms with Crippen LogP contribution in [0.25, 0.3) is 0 Å². The molecule has 0 amide bonds. The molecule has 18 heavy (non-hydrogen) atoms.